The van der Waals surface area contributed by atoms with E-state index in [0.29, 0.717) is 11.3 Å². The molecule has 1 aromatic carbocycles. The van der Waals surface area contributed by atoms with Gasteiger partial charge in [-0.3, -0.25) is 4.79 Å². The van der Waals surface area contributed by atoms with Crippen molar-refractivity contribution < 1.29 is 19.1 Å². The molecule has 5 heteroatoms. The second-order valence-electron chi connectivity index (χ2n) is 3.43. The Labute approximate surface area is 99.7 Å². The molecule has 0 fully saturated rings. The summed E-state index contributed by atoms with van der Waals surface area (Å²) in [4.78, 5) is 22.6. The largest absolute Gasteiger partial charge is 0.497 e. The van der Waals surface area contributed by atoms with Crippen LogP contribution in [0.15, 0.2) is 24.3 Å². The number of carbonyl (C=O) groups is 2. The van der Waals surface area contributed by atoms with Crippen LogP contribution in [-0.4, -0.2) is 26.1 Å². The SMILES string of the molecule is COC(=O)C(NC(C)=O)c1cccc(OC)c1. The van der Waals surface area contributed by atoms with Crippen LogP contribution < -0.4 is 10.1 Å². The molecule has 17 heavy (non-hydrogen) atoms. The molecule has 0 heterocycles. The molecule has 5 nitrogen and oxygen atoms in total. The van der Waals surface area contributed by atoms with Crippen LogP contribution in [0.1, 0.15) is 18.5 Å². The van der Waals surface area contributed by atoms with E-state index in [-0.39, 0.29) is 5.91 Å². The summed E-state index contributed by atoms with van der Waals surface area (Å²) in [6.07, 6.45) is 0. The van der Waals surface area contributed by atoms with Gasteiger partial charge in [0.1, 0.15) is 5.75 Å². The Balaban J connectivity index is 3.02. The first-order chi connectivity index (χ1) is 8.08. The van der Waals surface area contributed by atoms with E-state index < -0.39 is 12.0 Å². The number of nitrogens with one attached hydrogen (secondary N) is 1. The lowest BCUT2D eigenvalue weighted by molar-refractivity contribution is -0.145. The van der Waals surface area contributed by atoms with Gasteiger partial charge >= 0.3 is 5.97 Å². The minimum absolute atomic E-state index is 0.303. The third-order valence-electron chi connectivity index (χ3n) is 2.21. The van der Waals surface area contributed by atoms with Crippen LogP contribution in [0.4, 0.5) is 0 Å². The minimum atomic E-state index is -0.812. The van der Waals surface area contributed by atoms with Crippen molar-refractivity contribution in [3.63, 3.8) is 0 Å². The third kappa shape index (κ3) is 3.48. The first-order valence-corrected chi connectivity index (χ1v) is 5.07. The Morgan fingerprint density at radius 2 is 2.00 bits per heavy atom. The predicted molar refractivity (Wildman–Crippen MR) is 61.6 cm³/mol. The maximum absolute atomic E-state index is 11.6. The summed E-state index contributed by atoms with van der Waals surface area (Å²) in [5.41, 5.74) is 0.617. The first kappa shape index (κ1) is 13.0. The third-order valence-corrected chi connectivity index (χ3v) is 2.21. The van der Waals surface area contributed by atoms with Crippen molar-refractivity contribution in [1.29, 1.82) is 0 Å². The minimum Gasteiger partial charge on any atom is -0.497 e. The van der Waals surface area contributed by atoms with E-state index in [1.807, 2.05) is 0 Å². The smallest absolute Gasteiger partial charge is 0.333 e. The number of methoxy groups -OCH3 is 2. The molecule has 0 aliphatic heterocycles. The van der Waals surface area contributed by atoms with Gasteiger partial charge in [-0.2, -0.15) is 0 Å². The lowest BCUT2D eigenvalue weighted by atomic mass is 10.1. The Kier molecular flexibility index (Phi) is 4.51. The van der Waals surface area contributed by atoms with Gasteiger partial charge in [-0.05, 0) is 17.7 Å². The van der Waals surface area contributed by atoms with Crippen molar-refractivity contribution in [3.8, 4) is 5.75 Å². The summed E-state index contributed by atoms with van der Waals surface area (Å²) in [5, 5.41) is 2.53. The summed E-state index contributed by atoms with van der Waals surface area (Å²) in [6, 6.07) is 6.09. The van der Waals surface area contributed by atoms with Crippen LogP contribution in [0.2, 0.25) is 0 Å². The lowest BCUT2D eigenvalue weighted by Gasteiger charge is -2.16. The topological polar surface area (TPSA) is 64.6 Å². The number of hydrogen-bond acceptors (Lipinski definition) is 4. The second kappa shape index (κ2) is 5.89. The van der Waals surface area contributed by atoms with E-state index in [9.17, 15) is 9.59 Å². The summed E-state index contributed by atoms with van der Waals surface area (Å²) in [7, 11) is 2.81. The molecule has 1 aromatic rings. The average molecular weight is 237 g/mol. The molecule has 92 valence electrons. The summed E-state index contributed by atoms with van der Waals surface area (Å²) in [6.45, 7) is 1.34. The molecule has 1 rings (SSSR count). The zero-order chi connectivity index (χ0) is 12.8. The summed E-state index contributed by atoms with van der Waals surface area (Å²) < 4.78 is 9.71. The molecule has 0 radical (unpaired) electrons. The van der Waals surface area contributed by atoms with Gasteiger partial charge in [0.25, 0.3) is 0 Å². The fraction of sp³-hybridized carbons (Fsp3) is 0.333. The maximum Gasteiger partial charge on any atom is 0.333 e. The number of amides is 1. The molecule has 0 saturated heterocycles. The molecule has 0 saturated carbocycles. The van der Waals surface area contributed by atoms with E-state index in [0.717, 1.165) is 0 Å². The molecule has 1 atom stereocenters. The fourth-order valence-electron chi connectivity index (χ4n) is 1.42. The zero-order valence-corrected chi connectivity index (χ0v) is 10.0. The fourth-order valence-corrected chi connectivity index (χ4v) is 1.42. The van der Waals surface area contributed by atoms with Gasteiger partial charge in [-0.1, -0.05) is 12.1 Å². The normalized spacial score (nSPS) is 11.5. The van der Waals surface area contributed by atoms with Gasteiger partial charge in [0.15, 0.2) is 6.04 Å². The highest BCUT2D eigenvalue weighted by atomic mass is 16.5. The van der Waals surface area contributed by atoms with Gasteiger partial charge in [0, 0.05) is 6.92 Å². The molecular weight excluding hydrogens is 222 g/mol. The molecule has 1 amide bonds. The van der Waals surface area contributed by atoms with Crippen molar-refractivity contribution in [2.75, 3.05) is 14.2 Å². The zero-order valence-electron chi connectivity index (χ0n) is 10.0. The molecule has 1 unspecified atom stereocenters. The van der Waals surface area contributed by atoms with Crippen LogP contribution in [0.3, 0.4) is 0 Å². The van der Waals surface area contributed by atoms with Crippen LogP contribution in [-0.2, 0) is 14.3 Å². The Bertz CT molecular complexity index is 417. The molecule has 1 N–H and O–H groups in total. The standard InChI is InChI=1S/C12H15NO4/c1-8(14)13-11(12(15)17-3)9-5-4-6-10(7-9)16-2/h4-7,11H,1-3H3,(H,13,14). The number of benzene rings is 1. The highest BCUT2D eigenvalue weighted by molar-refractivity contribution is 5.84. The maximum atomic E-state index is 11.6. The Morgan fingerprint density at radius 3 is 2.53 bits per heavy atom. The number of carbonyl (C=O) groups excluding carboxylic acids is 2. The molecule has 0 aromatic heterocycles. The van der Waals surface area contributed by atoms with Gasteiger partial charge in [-0.25, -0.2) is 4.79 Å². The van der Waals surface area contributed by atoms with Gasteiger partial charge in [0.2, 0.25) is 5.91 Å². The van der Waals surface area contributed by atoms with Crippen LogP contribution in [0.25, 0.3) is 0 Å². The van der Waals surface area contributed by atoms with Crippen molar-refractivity contribution in [2.45, 2.75) is 13.0 Å². The second-order valence-corrected chi connectivity index (χ2v) is 3.43. The van der Waals surface area contributed by atoms with Crippen LogP contribution >= 0.6 is 0 Å². The number of ether oxygens (including phenoxy) is 2. The molecule has 0 bridgehead atoms. The van der Waals surface area contributed by atoms with Gasteiger partial charge in [-0.15, -0.1) is 0 Å². The van der Waals surface area contributed by atoms with Crippen LogP contribution in [0.5, 0.6) is 5.75 Å². The molecular formula is C12H15NO4. The molecule has 0 aliphatic rings. The van der Waals surface area contributed by atoms with E-state index in [4.69, 9.17) is 4.74 Å². The van der Waals surface area contributed by atoms with E-state index in [1.54, 1.807) is 24.3 Å². The highest BCUT2D eigenvalue weighted by Crippen LogP contribution is 2.20. The number of hydrogen-bond donors (Lipinski definition) is 1. The van der Waals surface area contributed by atoms with Crippen LogP contribution in [0, 0.1) is 0 Å². The van der Waals surface area contributed by atoms with Crippen molar-refractivity contribution >= 4 is 11.9 Å². The van der Waals surface area contributed by atoms with E-state index in [1.165, 1.54) is 21.1 Å². The van der Waals surface area contributed by atoms with Crippen molar-refractivity contribution in [3.05, 3.63) is 29.8 Å². The average Bonchev–Trinajstić information content (AvgIpc) is 2.35. The first-order valence-electron chi connectivity index (χ1n) is 5.07. The van der Waals surface area contributed by atoms with E-state index >= 15 is 0 Å². The monoisotopic (exact) mass is 237 g/mol. The number of rotatable bonds is 4. The van der Waals surface area contributed by atoms with Gasteiger partial charge < -0.3 is 14.8 Å². The lowest BCUT2D eigenvalue weighted by Crippen LogP contribution is -2.32. The number of esters is 1. The molecule has 0 aliphatic carbocycles. The molecule has 0 spiro atoms. The summed E-state index contributed by atoms with van der Waals surface area (Å²) >= 11 is 0. The summed E-state index contributed by atoms with van der Waals surface area (Å²) in [5.74, 6) is -0.210. The highest BCUT2D eigenvalue weighted by Gasteiger charge is 2.22. The Morgan fingerprint density at radius 1 is 1.29 bits per heavy atom. The van der Waals surface area contributed by atoms with Crippen molar-refractivity contribution in [1.82, 2.24) is 5.32 Å². The van der Waals surface area contributed by atoms with Crippen molar-refractivity contribution in [2.24, 2.45) is 0 Å². The van der Waals surface area contributed by atoms with E-state index in [2.05, 4.69) is 10.1 Å². The Hall–Kier alpha value is -2.04. The predicted octanol–water partition coefficient (Wildman–Crippen LogP) is 1.05. The quantitative estimate of drug-likeness (QED) is 0.795. The van der Waals surface area contributed by atoms with Gasteiger partial charge in [0.05, 0.1) is 14.2 Å².